The number of aliphatic hydroxyl groups excluding tert-OH is 1. The molecule has 1 aliphatic carbocycles. The van der Waals surface area contributed by atoms with E-state index in [2.05, 4.69) is 6.92 Å². The van der Waals surface area contributed by atoms with E-state index < -0.39 is 5.60 Å². The van der Waals surface area contributed by atoms with Gasteiger partial charge in [-0.15, -0.1) is 11.8 Å². The summed E-state index contributed by atoms with van der Waals surface area (Å²) in [5, 5.41) is 19.5. The minimum absolute atomic E-state index is 0.112. The topological polar surface area (TPSA) is 40.5 Å². The molecule has 0 aromatic rings. The zero-order chi connectivity index (χ0) is 11.0. The number of rotatable bonds is 3. The summed E-state index contributed by atoms with van der Waals surface area (Å²) in [6.45, 7) is 8.24. The van der Waals surface area contributed by atoms with Gasteiger partial charge in [-0.2, -0.15) is 0 Å². The molecule has 2 nitrogen and oxygen atoms in total. The van der Waals surface area contributed by atoms with Crippen LogP contribution in [0.2, 0.25) is 0 Å². The Labute approximate surface area is 91.1 Å². The highest BCUT2D eigenvalue weighted by Crippen LogP contribution is 2.52. The van der Waals surface area contributed by atoms with Crippen LogP contribution in [-0.4, -0.2) is 31.9 Å². The molecule has 2 N–H and O–H groups in total. The van der Waals surface area contributed by atoms with Crippen LogP contribution in [0.4, 0.5) is 0 Å². The van der Waals surface area contributed by atoms with Crippen molar-refractivity contribution in [3.63, 3.8) is 0 Å². The van der Waals surface area contributed by atoms with Crippen molar-refractivity contribution in [1.29, 1.82) is 0 Å². The third-order valence-corrected chi connectivity index (χ3v) is 5.12. The van der Waals surface area contributed by atoms with Gasteiger partial charge < -0.3 is 10.2 Å². The van der Waals surface area contributed by atoms with Gasteiger partial charge in [0, 0.05) is 9.49 Å². The Morgan fingerprint density at radius 1 is 1.29 bits per heavy atom. The molecule has 0 heterocycles. The molecule has 0 bridgehead atoms. The van der Waals surface area contributed by atoms with Crippen molar-refractivity contribution < 1.29 is 10.2 Å². The Morgan fingerprint density at radius 2 is 1.86 bits per heavy atom. The van der Waals surface area contributed by atoms with Gasteiger partial charge in [0.1, 0.15) is 0 Å². The summed E-state index contributed by atoms with van der Waals surface area (Å²) >= 11 is 1.72. The lowest BCUT2D eigenvalue weighted by molar-refractivity contribution is 0.0429. The van der Waals surface area contributed by atoms with E-state index in [4.69, 9.17) is 0 Å². The number of thioether (sulfide) groups is 1. The molecular formula is C11H22O2S. The van der Waals surface area contributed by atoms with Crippen molar-refractivity contribution in [3.05, 3.63) is 0 Å². The number of hydrogen-bond donors (Lipinski definition) is 2. The first-order valence-corrected chi connectivity index (χ1v) is 6.08. The second-order valence-electron chi connectivity index (χ2n) is 5.38. The van der Waals surface area contributed by atoms with Crippen LogP contribution < -0.4 is 0 Å². The summed E-state index contributed by atoms with van der Waals surface area (Å²) in [6, 6.07) is 0. The number of hydrogen-bond acceptors (Lipinski definition) is 3. The fourth-order valence-electron chi connectivity index (χ4n) is 2.11. The highest BCUT2D eigenvalue weighted by molar-refractivity contribution is 8.02. The maximum Gasteiger partial charge on any atom is 0.0763 e. The van der Waals surface area contributed by atoms with E-state index in [0.717, 1.165) is 19.3 Å². The lowest BCUT2D eigenvalue weighted by atomic mass is 9.94. The predicted molar refractivity (Wildman–Crippen MR) is 61.6 cm³/mol. The van der Waals surface area contributed by atoms with E-state index in [1.807, 2.05) is 20.8 Å². The Morgan fingerprint density at radius 3 is 2.21 bits per heavy atom. The van der Waals surface area contributed by atoms with E-state index in [-0.39, 0.29) is 16.1 Å². The molecule has 0 aliphatic heterocycles. The third-order valence-electron chi connectivity index (χ3n) is 3.34. The van der Waals surface area contributed by atoms with Crippen LogP contribution in [0, 0.1) is 0 Å². The lowest BCUT2D eigenvalue weighted by Gasteiger charge is -2.41. The minimum Gasteiger partial charge on any atom is -0.395 e. The molecule has 0 aromatic heterocycles. The second kappa shape index (κ2) is 3.69. The van der Waals surface area contributed by atoms with E-state index in [1.165, 1.54) is 0 Å². The monoisotopic (exact) mass is 218 g/mol. The minimum atomic E-state index is -0.593. The molecule has 0 spiro atoms. The fraction of sp³-hybridized carbons (Fsp3) is 1.00. The van der Waals surface area contributed by atoms with Crippen molar-refractivity contribution in [1.82, 2.24) is 0 Å². The molecule has 0 aromatic carbocycles. The van der Waals surface area contributed by atoms with Gasteiger partial charge in [-0.1, -0.05) is 0 Å². The van der Waals surface area contributed by atoms with Crippen molar-refractivity contribution in [2.45, 2.75) is 62.1 Å². The molecule has 1 fully saturated rings. The smallest absolute Gasteiger partial charge is 0.0763 e. The van der Waals surface area contributed by atoms with Gasteiger partial charge in [0.05, 0.1) is 12.2 Å². The summed E-state index contributed by atoms with van der Waals surface area (Å²) in [5.41, 5.74) is -0.593. The van der Waals surface area contributed by atoms with Gasteiger partial charge >= 0.3 is 0 Å². The molecule has 3 heteroatoms. The third kappa shape index (κ3) is 2.26. The van der Waals surface area contributed by atoms with Crippen LogP contribution in [0.3, 0.4) is 0 Å². The van der Waals surface area contributed by atoms with Crippen LogP contribution in [-0.2, 0) is 0 Å². The van der Waals surface area contributed by atoms with Crippen molar-refractivity contribution in [2.75, 3.05) is 6.61 Å². The molecule has 0 amide bonds. The van der Waals surface area contributed by atoms with E-state index in [1.54, 1.807) is 11.8 Å². The Hall–Kier alpha value is 0.270. The standard InChI is InChI=1S/C11H22O2S/c1-9(2,8-12)14-11(4)7-5-6-10(11,3)13/h12-13H,5-8H2,1-4H3. The lowest BCUT2D eigenvalue weighted by Crippen LogP contribution is -2.45. The van der Waals surface area contributed by atoms with E-state index in [9.17, 15) is 10.2 Å². The Bertz CT molecular complexity index is 213. The SMILES string of the molecule is CC(C)(CO)SC1(C)CCCC1(C)O. The largest absolute Gasteiger partial charge is 0.395 e. The summed E-state index contributed by atoms with van der Waals surface area (Å²) in [5.74, 6) is 0. The van der Waals surface area contributed by atoms with Crippen molar-refractivity contribution in [3.8, 4) is 0 Å². The molecule has 84 valence electrons. The second-order valence-corrected chi connectivity index (χ2v) is 7.59. The molecule has 1 saturated carbocycles. The fourth-order valence-corrected chi connectivity index (χ4v) is 3.96. The van der Waals surface area contributed by atoms with E-state index in [0.29, 0.717) is 0 Å². The molecule has 2 atom stereocenters. The predicted octanol–water partition coefficient (Wildman–Crippen LogP) is 2.18. The van der Waals surface area contributed by atoms with Crippen LogP contribution in [0.1, 0.15) is 47.0 Å². The van der Waals surface area contributed by atoms with E-state index >= 15 is 0 Å². The van der Waals surface area contributed by atoms with Gasteiger partial charge in [0.15, 0.2) is 0 Å². The zero-order valence-electron chi connectivity index (χ0n) is 9.63. The molecular weight excluding hydrogens is 196 g/mol. The van der Waals surface area contributed by atoms with Crippen LogP contribution in [0.25, 0.3) is 0 Å². The average molecular weight is 218 g/mol. The highest BCUT2D eigenvalue weighted by atomic mass is 32.2. The molecule has 14 heavy (non-hydrogen) atoms. The summed E-state index contributed by atoms with van der Waals surface area (Å²) in [6.07, 6.45) is 2.99. The molecule has 1 rings (SSSR count). The van der Waals surface area contributed by atoms with Gasteiger partial charge in [0.25, 0.3) is 0 Å². The average Bonchev–Trinajstić information content (AvgIpc) is 2.25. The molecule has 0 radical (unpaired) electrons. The first kappa shape index (κ1) is 12.3. The Kier molecular flexibility index (Phi) is 3.25. The maximum atomic E-state index is 10.3. The van der Waals surface area contributed by atoms with Gasteiger partial charge in [-0.05, 0) is 47.0 Å². The zero-order valence-corrected chi connectivity index (χ0v) is 10.4. The van der Waals surface area contributed by atoms with Crippen molar-refractivity contribution >= 4 is 11.8 Å². The quantitative estimate of drug-likeness (QED) is 0.763. The normalized spacial score (nSPS) is 39.0. The van der Waals surface area contributed by atoms with Gasteiger partial charge in [0.2, 0.25) is 0 Å². The molecule has 1 aliphatic rings. The summed E-state index contributed by atoms with van der Waals surface area (Å²) in [7, 11) is 0. The van der Waals surface area contributed by atoms with Crippen molar-refractivity contribution in [2.24, 2.45) is 0 Å². The summed E-state index contributed by atoms with van der Waals surface area (Å²) < 4.78 is -0.275. The van der Waals surface area contributed by atoms with Crippen LogP contribution in [0.5, 0.6) is 0 Å². The van der Waals surface area contributed by atoms with Crippen LogP contribution >= 0.6 is 11.8 Å². The van der Waals surface area contributed by atoms with Gasteiger partial charge in [-0.3, -0.25) is 0 Å². The summed E-state index contributed by atoms with van der Waals surface area (Å²) in [4.78, 5) is 0. The first-order valence-electron chi connectivity index (χ1n) is 5.26. The van der Waals surface area contributed by atoms with Crippen LogP contribution in [0.15, 0.2) is 0 Å². The molecule has 2 unspecified atom stereocenters. The Balaban J connectivity index is 2.76. The highest BCUT2D eigenvalue weighted by Gasteiger charge is 2.50. The molecule has 0 saturated heterocycles. The first-order chi connectivity index (χ1) is 6.22. The van der Waals surface area contributed by atoms with Gasteiger partial charge in [-0.25, -0.2) is 0 Å². The number of aliphatic hydroxyl groups is 2. The maximum absolute atomic E-state index is 10.3.